The molecule has 6 nitrogen and oxygen atoms in total. The number of hydrogen-bond donors (Lipinski definition) is 1. The Bertz CT molecular complexity index is 901. The average molecular weight is 360 g/mol. The van der Waals surface area contributed by atoms with Crippen LogP contribution in [0.4, 0.5) is 13.2 Å². The van der Waals surface area contributed by atoms with Crippen LogP contribution in [0.3, 0.4) is 0 Å². The van der Waals surface area contributed by atoms with Crippen LogP contribution >= 0.6 is 0 Å². The van der Waals surface area contributed by atoms with Gasteiger partial charge in [-0.2, -0.15) is 8.42 Å². The molecule has 0 spiro atoms. The predicted molar refractivity (Wildman–Crippen MR) is 78.2 cm³/mol. The first-order valence-corrected chi connectivity index (χ1v) is 8.19. The summed E-state index contributed by atoms with van der Waals surface area (Å²) in [6, 6.07) is 2.38. The zero-order valence-corrected chi connectivity index (χ0v) is 13.0. The van der Waals surface area contributed by atoms with Gasteiger partial charge in [-0.25, -0.2) is 23.1 Å². The number of rotatable bonds is 5. The molecule has 0 saturated heterocycles. The second-order valence-corrected chi connectivity index (χ2v) is 6.17. The van der Waals surface area contributed by atoms with Gasteiger partial charge in [0.2, 0.25) is 0 Å². The van der Waals surface area contributed by atoms with E-state index in [4.69, 9.17) is 4.18 Å². The lowest BCUT2D eigenvalue weighted by molar-refractivity contribution is 0.347. The van der Waals surface area contributed by atoms with Gasteiger partial charge in [0.05, 0.1) is 19.1 Å². The number of aliphatic hydroxyl groups is 1. The van der Waals surface area contributed by atoms with Crippen LogP contribution in [-0.4, -0.2) is 36.4 Å². The molecule has 0 aliphatic carbocycles. The Hall–Kier alpha value is -2.46. The normalized spacial score (nSPS) is 12.7. The molecule has 1 N–H and O–H groups in total. The fraction of sp³-hybridized carbons (Fsp3) is 0.143. The van der Waals surface area contributed by atoms with E-state index >= 15 is 0 Å². The molecule has 0 aliphatic rings. The third-order valence-electron chi connectivity index (χ3n) is 2.81. The minimum Gasteiger partial charge on any atom is -0.392 e. The van der Waals surface area contributed by atoms with Gasteiger partial charge in [0.15, 0.2) is 11.6 Å². The summed E-state index contributed by atoms with van der Waals surface area (Å²) in [4.78, 5) is 6.97. The fourth-order valence-electron chi connectivity index (χ4n) is 1.88. The van der Waals surface area contributed by atoms with Crippen LogP contribution in [0.2, 0.25) is 0 Å². The van der Waals surface area contributed by atoms with Crippen LogP contribution < -0.4 is 0 Å². The van der Waals surface area contributed by atoms with Crippen molar-refractivity contribution < 1.29 is 30.9 Å². The van der Waals surface area contributed by atoms with Crippen LogP contribution in [-0.2, 0) is 14.3 Å². The number of hydrogen-bond acceptors (Lipinski definition) is 6. The first kappa shape index (κ1) is 17.9. The van der Waals surface area contributed by atoms with Gasteiger partial charge in [-0.3, -0.25) is 0 Å². The van der Waals surface area contributed by atoms with Crippen molar-refractivity contribution in [3.05, 3.63) is 59.4 Å². The predicted octanol–water partition coefficient (Wildman–Crippen LogP) is 1.73. The lowest BCUT2D eigenvalue weighted by atomic mass is 10.0. The maximum absolute atomic E-state index is 14.0. The smallest absolute Gasteiger partial charge is 0.306 e. The zero-order valence-electron chi connectivity index (χ0n) is 12.2. The van der Waals surface area contributed by atoms with Crippen LogP contribution in [0.1, 0.15) is 11.3 Å². The van der Waals surface area contributed by atoms with Gasteiger partial charge in [-0.15, -0.1) is 0 Å². The van der Waals surface area contributed by atoms with Crippen molar-refractivity contribution in [1.82, 2.24) is 9.97 Å². The molecule has 1 aromatic heterocycles. The lowest BCUT2D eigenvalue weighted by Gasteiger charge is -2.14. The monoisotopic (exact) mass is 360 g/mol. The van der Waals surface area contributed by atoms with Crippen molar-refractivity contribution in [3.8, 4) is 0 Å². The molecule has 1 aromatic carbocycles. The second kappa shape index (κ2) is 6.97. The van der Waals surface area contributed by atoms with Gasteiger partial charge >= 0.3 is 10.1 Å². The SMILES string of the molecule is CS(=O)(=O)O/C(=C(\CO)c1ccc(F)cc1F)c1ncncc1F. The van der Waals surface area contributed by atoms with E-state index in [1.54, 1.807) is 0 Å². The molecule has 10 heteroatoms. The van der Waals surface area contributed by atoms with Crippen LogP contribution in [0, 0.1) is 17.5 Å². The minimum atomic E-state index is -4.16. The molecule has 128 valence electrons. The molecular weight excluding hydrogens is 349 g/mol. The molecule has 0 fully saturated rings. The highest BCUT2D eigenvalue weighted by Crippen LogP contribution is 2.30. The van der Waals surface area contributed by atoms with Gasteiger partial charge in [-0.05, 0) is 12.1 Å². The first-order valence-electron chi connectivity index (χ1n) is 6.37. The van der Waals surface area contributed by atoms with Crippen LogP contribution in [0.25, 0.3) is 11.3 Å². The molecule has 2 aromatic rings. The molecule has 0 atom stereocenters. The van der Waals surface area contributed by atoms with E-state index in [-0.39, 0.29) is 5.56 Å². The van der Waals surface area contributed by atoms with E-state index in [0.29, 0.717) is 12.3 Å². The molecule has 2 rings (SSSR count). The van der Waals surface area contributed by atoms with Crippen molar-refractivity contribution in [2.24, 2.45) is 0 Å². The molecular formula is C14H11F3N2O4S. The van der Waals surface area contributed by atoms with E-state index < -0.39 is 51.2 Å². The molecule has 0 unspecified atom stereocenters. The van der Waals surface area contributed by atoms with E-state index in [1.807, 2.05) is 0 Å². The summed E-state index contributed by atoms with van der Waals surface area (Å²) >= 11 is 0. The average Bonchev–Trinajstić information content (AvgIpc) is 2.48. The molecule has 0 saturated carbocycles. The summed E-state index contributed by atoms with van der Waals surface area (Å²) in [5.74, 6) is -3.74. The van der Waals surface area contributed by atoms with Crippen LogP contribution in [0.5, 0.6) is 0 Å². The van der Waals surface area contributed by atoms with E-state index in [0.717, 1.165) is 24.7 Å². The maximum atomic E-state index is 14.0. The van der Waals surface area contributed by atoms with E-state index in [1.165, 1.54) is 0 Å². The standard InChI is InChI=1S/C14H11F3N2O4S/c1-24(21,22)23-14(13-12(17)5-18-7-19-13)10(6-20)9-3-2-8(15)4-11(9)16/h2-5,7,20H,6H2,1H3/b14-10+. The summed E-state index contributed by atoms with van der Waals surface area (Å²) in [5.41, 5.74) is -1.38. The topological polar surface area (TPSA) is 89.4 Å². The van der Waals surface area contributed by atoms with Crippen molar-refractivity contribution >= 4 is 21.5 Å². The van der Waals surface area contributed by atoms with Gasteiger partial charge in [-0.1, -0.05) is 0 Å². The Labute approximate surface area is 135 Å². The number of aliphatic hydroxyl groups excluding tert-OH is 1. The molecule has 0 amide bonds. The summed E-state index contributed by atoms with van der Waals surface area (Å²) in [6.45, 7) is -0.920. The summed E-state index contributed by atoms with van der Waals surface area (Å²) in [6.07, 6.45) is 2.34. The molecule has 0 aliphatic heterocycles. The van der Waals surface area contributed by atoms with E-state index in [9.17, 15) is 26.7 Å². The fourth-order valence-corrected chi connectivity index (χ4v) is 2.36. The van der Waals surface area contributed by atoms with E-state index in [2.05, 4.69) is 9.97 Å². The van der Waals surface area contributed by atoms with Crippen LogP contribution in [0.15, 0.2) is 30.7 Å². The number of benzene rings is 1. The highest BCUT2D eigenvalue weighted by Gasteiger charge is 2.23. The molecule has 24 heavy (non-hydrogen) atoms. The Morgan fingerprint density at radius 1 is 1.25 bits per heavy atom. The second-order valence-electron chi connectivity index (χ2n) is 4.60. The van der Waals surface area contributed by atoms with Gasteiger partial charge in [0.25, 0.3) is 0 Å². The summed E-state index contributed by atoms with van der Waals surface area (Å²) < 4.78 is 68.6. The highest BCUT2D eigenvalue weighted by atomic mass is 32.2. The molecule has 0 bridgehead atoms. The van der Waals surface area contributed by atoms with Gasteiger partial charge in [0, 0.05) is 17.2 Å². The van der Waals surface area contributed by atoms with Gasteiger partial charge in [0.1, 0.15) is 23.7 Å². The van der Waals surface area contributed by atoms with Crippen molar-refractivity contribution in [1.29, 1.82) is 0 Å². The Morgan fingerprint density at radius 3 is 2.50 bits per heavy atom. The number of aromatic nitrogens is 2. The van der Waals surface area contributed by atoms with Gasteiger partial charge < -0.3 is 9.29 Å². The number of nitrogens with zero attached hydrogens (tertiary/aromatic N) is 2. The molecule has 1 heterocycles. The third kappa shape index (κ3) is 4.09. The van der Waals surface area contributed by atoms with Crippen molar-refractivity contribution in [2.75, 3.05) is 12.9 Å². The Balaban J connectivity index is 2.78. The highest BCUT2D eigenvalue weighted by molar-refractivity contribution is 7.86. The minimum absolute atomic E-state index is 0.365. The Morgan fingerprint density at radius 2 is 1.96 bits per heavy atom. The Kier molecular flexibility index (Phi) is 5.20. The van der Waals surface area contributed by atoms with Crippen molar-refractivity contribution in [3.63, 3.8) is 0 Å². The quantitative estimate of drug-likeness (QED) is 0.645. The van der Waals surface area contributed by atoms with Crippen molar-refractivity contribution in [2.45, 2.75) is 0 Å². The molecule has 0 radical (unpaired) electrons. The third-order valence-corrected chi connectivity index (χ3v) is 3.28. The largest absolute Gasteiger partial charge is 0.392 e. The maximum Gasteiger partial charge on any atom is 0.306 e. The first-order chi connectivity index (χ1) is 11.2. The summed E-state index contributed by atoms with van der Waals surface area (Å²) in [5, 5.41) is 9.53. The lowest BCUT2D eigenvalue weighted by Crippen LogP contribution is -2.10. The summed E-state index contributed by atoms with van der Waals surface area (Å²) in [7, 11) is -4.16. The zero-order chi connectivity index (χ0) is 17.9. The number of halogens is 3.